The van der Waals surface area contributed by atoms with Crippen molar-refractivity contribution in [3.8, 4) is 5.75 Å². The number of nitrogens with zero attached hydrogens (tertiary/aromatic N) is 1. The molecule has 2 rings (SSSR count). The van der Waals surface area contributed by atoms with E-state index in [9.17, 15) is 5.11 Å². The molecule has 0 spiro atoms. The van der Waals surface area contributed by atoms with Gasteiger partial charge in [-0.1, -0.05) is 32.0 Å². The Kier molecular flexibility index (Phi) is 5.65. The van der Waals surface area contributed by atoms with Gasteiger partial charge in [0, 0.05) is 12.1 Å². The monoisotopic (exact) mass is 291 g/mol. The van der Waals surface area contributed by atoms with E-state index >= 15 is 0 Å². The van der Waals surface area contributed by atoms with Crippen molar-refractivity contribution < 1.29 is 9.84 Å². The number of rotatable bonds is 5. The molecule has 1 unspecified atom stereocenters. The lowest BCUT2D eigenvalue weighted by Gasteiger charge is -2.25. The third-order valence-electron chi connectivity index (χ3n) is 4.44. The van der Waals surface area contributed by atoms with E-state index in [1.807, 2.05) is 31.2 Å². The predicted octanol–water partition coefficient (Wildman–Crippen LogP) is 3.63. The zero-order valence-electron chi connectivity index (χ0n) is 13.6. The summed E-state index contributed by atoms with van der Waals surface area (Å²) in [7, 11) is 0. The van der Waals surface area contributed by atoms with Crippen molar-refractivity contribution in [2.75, 3.05) is 26.2 Å². The molecule has 0 saturated carbocycles. The number of aliphatic hydroxyl groups is 1. The Bertz CT molecular complexity index is 445. The molecule has 3 nitrogen and oxygen atoms in total. The standard InChI is InChI=1S/C18H29NO2/c1-4-21-17-9-6-5-8-15(17)16(20)14-19-12-7-10-18(2,3)11-13-19/h5-6,8-9,16,20H,4,7,10-14H2,1-3H3. The van der Waals surface area contributed by atoms with Crippen LogP contribution in [0.2, 0.25) is 0 Å². The third kappa shape index (κ3) is 4.72. The van der Waals surface area contributed by atoms with Crippen molar-refractivity contribution in [1.82, 2.24) is 4.90 Å². The van der Waals surface area contributed by atoms with Crippen molar-refractivity contribution in [2.24, 2.45) is 5.41 Å². The lowest BCUT2D eigenvalue weighted by molar-refractivity contribution is 0.110. The van der Waals surface area contributed by atoms with Crippen LogP contribution in [-0.4, -0.2) is 36.2 Å². The molecule has 1 aromatic carbocycles. The fourth-order valence-corrected chi connectivity index (χ4v) is 3.05. The number of β-amino-alcohol motifs (C(OH)–C–C–N with tert-alkyl or cyclic N) is 1. The number of benzene rings is 1. The van der Waals surface area contributed by atoms with Crippen LogP contribution in [0.5, 0.6) is 5.75 Å². The van der Waals surface area contributed by atoms with Gasteiger partial charge in [0.1, 0.15) is 5.75 Å². The molecule has 3 heteroatoms. The lowest BCUT2D eigenvalue weighted by atomic mass is 9.85. The van der Waals surface area contributed by atoms with E-state index < -0.39 is 6.10 Å². The fraction of sp³-hybridized carbons (Fsp3) is 0.667. The van der Waals surface area contributed by atoms with Crippen LogP contribution in [-0.2, 0) is 0 Å². The molecule has 1 saturated heterocycles. The number of hydrogen-bond acceptors (Lipinski definition) is 3. The number of aliphatic hydroxyl groups excluding tert-OH is 1. The van der Waals surface area contributed by atoms with E-state index in [2.05, 4.69) is 18.7 Å². The SMILES string of the molecule is CCOc1ccccc1C(O)CN1CCCC(C)(C)CC1. The summed E-state index contributed by atoms with van der Waals surface area (Å²) in [6, 6.07) is 7.83. The van der Waals surface area contributed by atoms with Gasteiger partial charge in [0.05, 0.1) is 12.7 Å². The average molecular weight is 291 g/mol. The Morgan fingerprint density at radius 2 is 2.00 bits per heavy atom. The average Bonchev–Trinajstić information content (AvgIpc) is 2.61. The van der Waals surface area contributed by atoms with Crippen LogP contribution < -0.4 is 4.74 Å². The van der Waals surface area contributed by atoms with Crippen LogP contribution >= 0.6 is 0 Å². The molecule has 1 heterocycles. The molecule has 0 bridgehead atoms. The summed E-state index contributed by atoms with van der Waals surface area (Å²) in [5.74, 6) is 0.808. The van der Waals surface area contributed by atoms with Crippen molar-refractivity contribution in [2.45, 2.75) is 46.1 Å². The minimum Gasteiger partial charge on any atom is -0.493 e. The highest BCUT2D eigenvalue weighted by Gasteiger charge is 2.25. The largest absolute Gasteiger partial charge is 0.493 e. The van der Waals surface area contributed by atoms with E-state index in [0.717, 1.165) is 24.4 Å². The summed E-state index contributed by atoms with van der Waals surface area (Å²) in [6.07, 6.45) is 3.21. The summed E-state index contributed by atoms with van der Waals surface area (Å²) in [6.45, 7) is 10.1. The van der Waals surface area contributed by atoms with E-state index in [0.29, 0.717) is 18.6 Å². The van der Waals surface area contributed by atoms with E-state index in [-0.39, 0.29) is 0 Å². The second-order valence-corrected chi connectivity index (χ2v) is 6.81. The second-order valence-electron chi connectivity index (χ2n) is 6.81. The van der Waals surface area contributed by atoms with Gasteiger partial charge in [0.25, 0.3) is 0 Å². The second kappa shape index (κ2) is 7.28. The minimum atomic E-state index is -0.478. The van der Waals surface area contributed by atoms with Gasteiger partial charge in [-0.2, -0.15) is 0 Å². The van der Waals surface area contributed by atoms with Gasteiger partial charge < -0.3 is 14.7 Å². The first-order valence-corrected chi connectivity index (χ1v) is 8.14. The normalized spacial score (nSPS) is 20.8. The lowest BCUT2D eigenvalue weighted by Crippen LogP contribution is -2.30. The molecule has 21 heavy (non-hydrogen) atoms. The van der Waals surface area contributed by atoms with Crippen LogP contribution in [0.1, 0.15) is 51.7 Å². The predicted molar refractivity (Wildman–Crippen MR) is 86.6 cm³/mol. The smallest absolute Gasteiger partial charge is 0.125 e. The van der Waals surface area contributed by atoms with Gasteiger partial charge in [0.2, 0.25) is 0 Å². The summed E-state index contributed by atoms with van der Waals surface area (Å²) in [4.78, 5) is 2.39. The van der Waals surface area contributed by atoms with Crippen molar-refractivity contribution >= 4 is 0 Å². The third-order valence-corrected chi connectivity index (χ3v) is 4.44. The zero-order chi connectivity index (χ0) is 15.3. The van der Waals surface area contributed by atoms with Gasteiger partial charge in [-0.15, -0.1) is 0 Å². The van der Waals surface area contributed by atoms with Gasteiger partial charge in [-0.3, -0.25) is 0 Å². The van der Waals surface area contributed by atoms with Crippen LogP contribution in [0.3, 0.4) is 0 Å². The summed E-state index contributed by atoms with van der Waals surface area (Å²) >= 11 is 0. The summed E-state index contributed by atoms with van der Waals surface area (Å²) in [5, 5.41) is 10.6. The molecule has 1 N–H and O–H groups in total. The number of likely N-dealkylation sites (tertiary alicyclic amines) is 1. The maximum atomic E-state index is 10.6. The molecular formula is C18H29NO2. The maximum Gasteiger partial charge on any atom is 0.125 e. The first kappa shape index (κ1) is 16.3. The van der Waals surface area contributed by atoms with Crippen LogP contribution in [0.4, 0.5) is 0 Å². The molecule has 0 aromatic heterocycles. The minimum absolute atomic E-state index is 0.433. The molecule has 0 radical (unpaired) electrons. The van der Waals surface area contributed by atoms with Gasteiger partial charge in [0.15, 0.2) is 0 Å². The molecule has 1 aliphatic heterocycles. The van der Waals surface area contributed by atoms with Crippen LogP contribution in [0.25, 0.3) is 0 Å². The van der Waals surface area contributed by atoms with Gasteiger partial charge in [-0.25, -0.2) is 0 Å². The Hall–Kier alpha value is -1.06. The molecule has 1 atom stereocenters. The number of ether oxygens (including phenoxy) is 1. The number of para-hydroxylation sites is 1. The molecule has 1 aromatic rings. The van der Waals surface area contributed by atoms with Crippen molar-refractivity contribution in [3.05, 3.63) is 29.8 Å². The highest BCUT2D eigenvalue weighted by molar-refractivity contribution is 5.35. The Balaban J connectivity index is 1.99. The Labute approximate surface area is 128 Å². The molecule has 118 valence electrons. The van der Waals surface area contributed by atoms with Crippen molar-refractivity contribution in [3.63, 3.8) is 0 Å². The molecular weight excluding hydrogens is 262 g/mol. The van der Waals surface area contributed by atoms with E-state index in [1.165, 1.54) is 19.3 Å². The Morgan fingerprint density at radius 1 is 1.24 bits per heavy atom. The van der Waals surface area contributed by atoms with E-state index in [4.69, 9.17) is 4.74 Å². The highest BCUT2D eigenvalue weighted by Crippen LogP contribution is 2.31. The molecule has 0 amide bonds. The summed E-state index contributed by atoms with van der Waals surface area (Å²) in [5.41, 5.74) is 1.34. The first-order valence-electron chi connectivity index (χ1n) is 8.14. The van der Waals surface area contributed by atoms with Gasteiger partial charge in [-0.05, 0) is 50.8 Å². The van der Waals surface area contributed by atoms with E-state index in [1.54, 1.807) is 0 Å². The maximum absolute atomic E-state index is 10.6. The van der Waals surface area contributed by atoms with Crippen molar-refractivity contribution in [1.29, 1.82) is 0 Å². The molecule has 1 aliphatic rings. The fourth-order valence-electron chi connectivity index (χ4n) is 3.05. The summed E-state index contributed by atoms with van der Waals surface area (Å²) < 4.78 is 5.63. The molecule has 0 aliphatic carbocycles. The van der Waals surface area contributed by atoms with Gasteiger partial charge >= 0.3 is 0 Å². The highest BCUT2D eigenvalue weighted by atomic mass is 16.5. The first-order chi connectivity index (χ1) is 10.0. The quantitative estimate of drug-likeness (QED) is 0.899. The molecule has 1 fully saturated rings. The topological polar surface area (TPSA) is 32.7 Å². The zero-order valence-corrected chi connectivity index (χ0v) is 13.6. The Morgan fingerprint density at radius 3 is 2.76 bits per heavy atom. The van der Waals surface area contributed by atoms with Crippen LogP contribution in [0.15, 0.2) is 24.3 Å². The number of hydrogen-bond donors (Lipinski definition) is 1. The van der Waals surface area contributed by atoms with Crippen LogP contribution in [0, 0.1) is 5.41 Å².